The van der Waals surface area contributed by atoms with Gasteiger partial charge in [-0.2, -0.15) is 0 Å². The Morgan fingerprint density at radius 3 is 2.41 bits per heavy atom. The highest BCUT2D eigenvalue weighted by Crippen LogP contribution is 2.09. The van der Waals surface area contributed by atoms with E-state index < -0.39 is 5.97 Å². The highest BCUT2D eigenvalue weighted by atomic mass is 16.4. The Labute approximate surface area is 132 Å². The maximum absolute atomic E-state index is 10.9. The molecule has 4 nitrogen and oxygen atoms in total. The van der Waals surface area contributed by atoms with Gasteiger partial charge in [0.05, 0.1) is 12.1 Å². The first-order chi connectivity index (χ1) is 10.6. The maximum atomic E-state index is 10.9. The maximum Gasteiger partial charge on any atom is 0.335 e. The van der Waals surface area contributed by atoms with Gasteiger partial charge in [0.1, 0.15) is 18.4 Å². The topological polar surface area (TPSA) is 46.1 Å². The van der Waals surface area contributed by atoms with Gasteiger partial charge in [-0.15, -0.1) is 0 Å². The van der Waals surface area contributed by atoms with Crippen LogP contribution in [0.1, 0.15) is 54.1 Å². The average Bonchev–Trinajstić information content (AvgIpc) is 2.77. The Hall–Kier alpha value is -2.10. The molecule has 0 amide bonds. The lowest BCUT2D eigenvalue weighted by atomic mass is 10.1. The molecule has 4 heteroatoms. The molecule has 0 radical (unpaired) electrons. The third-order valence-electron chi connectivity index (χ3n) is 3.89. The lowest BCUT2D eigenvalue weighted by Gasteiger charge is -2.05. The van der Waals surface area contributed by atoms with E-state index in [9.17, 15) is 4.79 Å². The summed E-state index contributed by atoms with van der Waals surface area (Å²) in [4.78, 5) is 10.9. The summed E-state index contributed by atoms with van der Waals surface area (Å²) in [6.07, 6.45) is 5.50. The van der Waals surface area contributed by atoms with E-state index in [1.807, 2.05) is 12.1 Å². The van der Waals surface area contributed by atoms with E-state index in [4.69, 9.17) is 5.11 Å². The Morgan fingerprint density at radius 1 is 1.18 bits per heavy atom. The Morgan fingerprint density at radius 2 is 1.86 bits per heavy atom. The number of aromatic nitrogens is 2. The number of hydrogen-bond donors (Lipinski definition) is 1. The summed E-state index contributed by atoms with van der Waals surface area (Å²) < 4.78 is 4.69. The third kappa shape index (κ3) is 3.56. The fourth-order valence-corrected chi connectivity index (χ4v) is 2.85. The minimum atomic E-state index is -0.879. The number of rotatable bonds is 7. The predicted octanol–water partition coefficient (Wildman–Crippen LogP) is 3.19. The van der Waals surface area contributed by atoms with E-state index in [1.165, 1.54) is 11.5 Å². The van der Waals surface area contributed by atoms with Crippen molar-refractivity contribution in [1.29, 1.82) is 0 Å². The van der Waals surface area contributed by atoms with Crippen LogP contribution in [0.5, 0.6) is 0 Å². The van der Waals surface area contributed by atoms with Gasteiger partial charge >= 0.3 is 5.97 Å². The molecule has 0 unspecified atom stereocenters. The van der Waals surface area contributed by atoms with Gasteiger partial charge in [0.15, 0.2) is 0 Å². The molecular weight excluding hydrogens is 276 g/mol. The van der Waals surface area contributed by atoms with Crippen molar-refractivity contribution in [2.24, 2.45) is 0 Å². The van der Waals surface area contributed by atoms with E-state index in [1.54, 1.807) is 12.1 Å². The standard InChI is InChI=1S/C18H24N2O2/c1-4-6-17-19(12-14(3)20(17)11-5-2)13-15-7-9-16(10-8-15)18(21)22/h7-10,12H,4-6,11,13H2,1-3H3/p+1. The minimum Gasteiger partial charge on any atom is -0.478 e. The molecule has 0 bridgehead atoms. The van der Waals surface area contributed by atoms with Crippen molar-refractivity contribution in [3.8, 4) is 0 Å². The summed E-state index contributed by atoms with van der Waals surface area (Å²) in [5.74, 6) is 0.472. The van der Waals surface area contributed by atoms with Gasteiger partial charge in [-0.25, -0.2) is 13.9 Å². The van der Waals surface area contributed by atoms with Crippen LogP contribution < -0.4 is 4.57 Å². The van der Waals surface area contributed by atoms with Gasteiger partial charge in [0, 0.05) is 13.3 Å². The van der Waals surface area contributed by atoms with Crippen molar-refractivity contribution in [3.63, 3.8) is 0 Å². The lowest BCUT2D eigenvalue weighted by molar-refractivity contribution is -0.695. The van der Waals surface area contributed by atoms with Crippen LogP contribution in [0, 0.1) is 6.92 Å². The molecule has 1 aromatic heterocycles. The number of aromatic carboxylic acids is 1. The smallest absolute Gasteiger partial charge is 0.335 e. The molecule has 0 saturated carbocycles. The Balaban J connectivity index is 2.28. The van der Waals surface area contributed by atoms with Gasteiger partial charge in [-0.3, -0.25) is 0 Å². The number of carboxylic acids is 1. The number of carbonyl (C=O) groups is 1. The fraction of sp³-hybridized carbons (Fsp3) is 0.444. The largest absolute Gasteiger partial charge is 0.478 e. The number of hydrogen-bond acceptors (Lipinski definition) is 1. The zero-order valence-electron chi connectivity index (χ0n) is 13.7. The summed E-state index contributed by atoms with van der Waals surface area (Å²) in [5.41, 5.74) is 2.75. The molecule has 0 aliphatic heterocycles. The van der Waals surface area contributed by atoms with E-state index in [0.29, 0.717) is 5.56 Å². The molecule has 118 valence electrons. The Bertz CT molecular complexity index is 642. The average molecular weight is 301 g/mol. The molecule has 0 atom stereocenters. The summed E-state index contributed by atoms with van der Waals surface area (Å²) >= 11 is 0. The normalized spacial score (nSPS) is 10.9. The molecule has 1 heterocycles. The van der Waals surface area contributed by atoms with E-state index in [2.05, 4.69) is 36.1 Å². The van der Waals surface area contributed by atoms with Crippen LogP contribution in [-0.2, 0) is 19.5 Å². The summed E-state index contributed by atoms with van der Waals surface area (Å²) in [6, 6.07) is 7.15. The zero-order valence-corrected chi connectivity index (χ0v) is 13.7. The molecule has 2 aromatic rings. The summed E-state index contributed by atoms with van der Waals surface area (Å²) in [5, 5.41) is 8.97. The van der Waals surface area contributed by atoms with Crippen LogP contribution in [0.25, 0.3) is 0 Å². The molecule has 22 heavy (non-hydrogen) atoms. The molecule has 0 spiro atoms. The second-order valence-corrected chi connectivity index (χ2v) is 5.72. The van der Waals surface area contributed by atoms with Crippen molar-refractivity contribution in [2.75, 3.05) is 0 Å². The number of benzene rings is 1. The predicted molar refractivity (Wildman–Crippen MR) is 86.2 cm³/mol. The fourth-order valence-electron chi connectivity index (χ4n) is 2.85. The van der Waals surface area contributed by atoms with Gasteiger partial charge in [0.2, 0.25) is 0 Å². The summed E-state index contributed by atoms with van der Waals surface area (Å²) in [6.45, 7) is 8.38. The van der Waals surface area contributed by atoms with Crippen LogP contribution in [0.3, 0.4) is 0 Å². The summed E-state index contributed by atoms with van der Waals surface area (Å²) in [7, 11) is 0. The second kappa shape index (κ2) is 7.25. The number of carboxylic acid groups (broad SMARTS) is 1. The molecule has 2 rings (SSSR count). The Kier molecular flexibility index (Phi) is 5.36. The zero-order chi connectivity index (χ0) is 16.1. The van der Waals surface area contributed by atoms with Crippen molar-refractivity contribution in [1.82, 2.24) is 4.57 Å². The molecule has 0 aliphatic rings. The van der Waals surface area contributed by atoms with Crippen molar-refractivity contribution in [2.45, 2.75) is 53.1 Å². The van der Waals surface area contributed by atoms with Gasteiger partial charge in [-0.05, 0) is 30.5 Å². The van der Waals surface area contributed by atoms with Crippen LogP contribution in [0.4, 0.5) is 0 Å². The van der Waals surface area contributed by atoms with Crippen molar-refractivity contribution < 1.29 is 14.5 Å². The van der Waals surface area contributed by atoms with Gasteiger partial charge in [0.25, 0.3) is 5.82 Å². The molecular formula is C18H25N2O2+. The second-order valence-electron chi connectivity index (χ2n) is 5.72. The molecule has 0 saturated heterocycles. The highest BCUT2D eigenvalue weighted by Gasteiger charge is 2.19. The number of imidazole rings is 1. The molecule has 1 aromatic carbocycles. The van der Waals surface area contributed by atoms with Gasteiger partial charge in [-0.1, -0.05) is 26.0 Å². The quantitative estimate of drug-likeness (QED) is 0.798. The van der Waals surface area contributed by atoms with Gasteiger partial charge < -0.3 is 5.11 Å². The van der Waals surface area contributed by atoms with Crippen LogP contribution in [0.2, 0.25) is 0 Å². The first kappa shape index (κ1) is 16.3. The minimum absolute atomic E-state index is 0.335. The first-order valence-corrected chi connectivity index (χ1v) is 7.97. The molecule has 0 aliphatic carbocycles. The van der Waals surface area contributed by atoms with E-state index in [0.717, 1.165) is 37.9 Å². The monoisotopic (exact) mass is 301 g/mol. The number of nitrogens with zero attached hydrogens (tertiary/aromatic N) is 2. The van der Waals surface area contributed by atoms with Crippen LogP contribution in [0.15, 0.2) is 30.5 Å². The molecule has 1 N–H and O–H groups in total. The number of aryl methyl sites for hydroxylation is 1. The first-order valence-electron chi connectivity index (χ1n) is 7.97. The highest BCUT2D eigenvalue weighted by molar-refractivity contribution is 5.87. The lowest BCUT2D eigenvalue weighted by Crippen LogP contribution is -2.37. The van der Waals surface area contributed by atoms with Crippen molar-refractivity contribution in [3.05, 3.63) is 53.1 Å². The van der Waals surface area contributed by atoms with Crippen LogP contribution in [-0.4, -0.2) is 15.6 Å². The molecule has 0 fully saturated rings. The SMILES string of the molecule is CCCc1n(CCC)c(C)c[n+]1Cc1ccc(C(=O)O)cc1. The van der Waals surface area contributed by atoms with Crippen LogP contribution >= 0.6 is 0 Å². The van der Waals surface area contributed by atoms with Crippen molar-refractivity contribution >= 4 is 5.97 Å². The van der Waals surface area contributed by atoms with E-state index >= 15 is 0 Å². The van der Waals surface area contributed by atoms with E-state index in [-0.39, 0.29) is 0 Å². The third-order valence-corrected chi connectivity index (χ3v) is 3.89.